The molecule has 2 aliphatic rings. The highest BCUT2D eigenvalue weighted by Crippen LogP contribution is 2.33. The average Bonchev–Trinajstić information content (AvgIpc) is 3.58. The molecule has 0 atom stereocenters. The number of methoxy groups -OCH3 is 2. The van der Waals surface area contributed by atoms with E-state index in [1.165, 1.54) is 17.8 Å². The number of amides is 1. The van der Waals surface area contributed by atoms with E-state index in [1.807, 2.05) is 40.6 Å². The molecule has 9 heteroatoms. The minimum atomic E-state index is 0.0383. The molecule has 0 spiro atoms. The van der Waals surface area contributed by atoms with Crippen LogP contribution in [0.25, 0.3) is 0 Å². The van der Waals surface area contributed by atoms with Gasteiger partial charge in [-0.1, -0.05) is 12.1 Å². The van der Waals surface area contributed by atoms with Gasteiger partial charge in [0.05, 0.1) is 20.8 Å². The molecule has 0 bridgehead atoms. The van der Waals surface area contributed by atoms with Crippen LogP contribution in [0.1, 0.15) is 45.9 Å². The van der Waals surface area contributed by atoms with Gasteiger partial charge in [-0.05, 0) is 43.0 Å². The van der Waals surface area contributed by atoms with Gasteiger partial charge in [0.25, 0.3) is 5.91 Å². The molecule has 5 rings (SSSR count). The van der Waals surface area contributed by atoms with Gasteiger partial charge in [-0.3, -0.25) is 9.69 Å². The maximum Gasteiger partial charge on any atom is 0.273 e. The van der Waals surface area contributed by atoms with Crippen LogP contribution < -0.4 is 18.9 Å². The second kappa shape index (κ2) is 11.2. The van der Waals surface area contributed by atoms with Crippen molar-refractivity contribution in [1.82, 2.24) is 14.8 Å². The van der Waals surface area contributed by atoms with E-state index >= 15 is 0 Å². The van der Waals surface area contributed by atoms with E-state index in [1.54, 1.807) is 14.2 Å². The number of carbonyl (C=O) groups excluding carboxylic acids is 1. The van der Waals surface area contributed by atoms with Crippen molar-refractivity contribution in [3.05, 3.63) is 63.6 Å². The number of fused-ring (bicyclic) bond motifs is 1. The molecule has 0 aliphatic carbocycles. The fourth-order valence-electron chi connectivity index (χ4n) is 4.62. The zero-order valence-electron chi connectivity index (χ0n) is 20.7. The molecule has 0 N–H and O–H groups in total. The monoisotopic (exact) mass is 509 g/mol. The van der Waals surface area contributed by atoms with Crippen molar-refractivity contribution in [2.45, 2.75) is 38.9 Å². The van der Waals surface area contributed by atoms with Gasteiger partial charge in [0.15, 0.2) is 11.5 Å². The lowest BCUT2D eigenvalue weighted by Crippen LogP contribution is -2.35. The number of hydrogen-bond acceptors (Lipinski definition) is 8. The number of thiazole rings is 1. The van der Waals surface area contributed by atoms with Crippen LogP contribution in [0.4, 0.5) is 0 Å². The van der Waals surface area contributed by atoms with Crippen LogP contribution >= 0.6 is 11.3 Å². The Hall–Kier alpha value is -3.30. The normalized spacial score (nSPS) is 14.8. The van der Waals surface area contributed by atoms with Gasteiger partial charge >= 0.3 is 0 Å². The van der Waals surface area contributed by atoms with E-state index in [-0.39, 0.29) is 12.7 Å². The Morgan fingerprint density at radius 1 is 1.00 bits per heavy atom. The lowest BCUT2D eigenvalue weighted by Gasteiger charge is -2.25. The summed E-state index contributed by atoms with van der Waals surface area (Å²) in [5.74, 6) is 3.08. The van der Waals surface area contributed by atoms with E-state index in [2.05, 4.69) is 11.0 Å². The molecular weight excluding hydrogens is 478 g/mol. The minimum absolute atomic E-state index is 0.0383. The SMILES string of the molecule is COc1ccc(CN(Cc2ccc3c(c2)OCO3)Cc2nc(C(=O)N3CCCCC3)cs2)c(OC)c1. The van der Waals surface area contributed by atoms with Crippen molar-refractivity contribution in [3.8, 4) is 23.0 Å². The first-order chi connectivity index (χ1) is 17.6. The van der Waals surface area contributed by atoms with Crippen molar-refractivity contribution >= 4 is 17.2 Å². The summed E-state index contributed by atoms with van der Waals surface area (Å²) in [6, 6.07) is 11.9. The van der Waals surface area contributed by atoms with E-state index in [4.69, 9.17) is 23.9 Å². The van der Waals surface area contributed by atoms with Crippen LogP contribution in [0, 0.1) is 0 Å². The number of hydrogen-bond donors (Lipinski definition) is 0. The van der Waals surface area contributed by atoms with Crippen LogP contribution in [-0.4, -0.2) is 54.8 Å². The molecule has 190 valence electrons. The van der Waals surface area contributed by atoms with Crippen LogP contribution in [-0.2, 0) is 19.6 Å². The molecule has 0 radical (unpaired) electrons. The molecule has 2 aromatic carbocycles. The molecule has 2 aliphatic heterocycles. The van der Waals surface area contributed by atoms with Crippen LogP contribution in [0.15, 0.2) is 41.8 Å². The lowest BCUT2D eigenvalue weighted by atomic mass is 10.1. The molecule has 8 nitrogen and oxygen atoms in total. The summed E-state index contributed by atoms with van der Waals surface area (Å²) in [6.45, 7) is 3.79. The van der Waals surface area contributed by atoms with E-state index in [0.717, 1.165) is 65.1 Å². The number of carbonyl (C=O) groups is 1. The zero-order chi connectivity index (χ0) is 24.9. The number of piperidine rings is 1. The molecule has 1 aromatic heterocycles. The second-order valence-electron chi connectivity index (χ2n) is 8.99. The summed E-state index contributed by atoms with van der Waals surface area (Å²) >= 11 is 1.53. The van der Waals surface area contributed by atoms with Crippen LogP contribution in [0.5, 0.6) is 23.0 Å². The molecule has 1 fully saturated rings. The summed E-state index contributed by atoms with van der Waals surface area (Å²) in [6.07, 6.45) is 3.32. The number of nitrogens with zero attached hydrogens (tertiary/aromatic N) is 3. The third-order valence-electron chi connectivity index (χ3n) is 6.50. The third kappa shape index (κ3) is 5.57. The maximum atomic E-state index is 12.9. The summed E-state index contributed by atoms with van der Waals surface area (Å²) in [5, 5.41) is 2.79. The van der Waals surface area contributed by atoms with Gasteiger partial charge in [-0.25, -0.2) is 4.98 Å². The quantitative estimate of drug-likeness (QED) is 0.413. The van der Waals surface area contributed by atoms with Gasteiger partial charge in [-0.2, -0.15) is 0 Å². The van der Waals surface area contributed by atoms with Crippen molar-refractivity contribution < 1.29 is 23.7 Å². The molecule has 36 heavy (non-hydrogen) atoms. The fourth-order valence-corrected chi connectivity index (χ4v) is 5.43. The molecule has 0 unspecified atom stereocenters. The standard InChI is InChI=1S/C27H31N3O5S/c1-32-21-8-7-20(24(13-21)33-2)15-29(14-19-6-9-23-25(12-19)35-18-34-23)16-26-28-22(17-36-26)27(31)30-10-4-3-5-11-30/h6-9,12-13,17H,3-5,10-11,14-16,18H2,1-2H3. The Morgan fingerprint density at radius 3 is 2.64 bits per heavy atom. The zero-order valence-corrected chi connectivity index (χ0v) is 21.5. The Morgan fingerprint density at radius 2 is 1.83 bits per heavy atom. The van der Waals surface area contributed by atoms with Gasteiger partial charge < -0.3 is 23.8 Å². The average molecular weight is 510 g/mol. The highest BCUT2D eigenvalue weighted by atomic mass is 32.1. The molecule has 1 amide bonds. The first-order valence-corrected chi connectivity index (χ1v) is 13.1. The Bertz CT molecular complexity index is 1210. The Labute approximate surface area is 215 Å². The minimum Gasteiger partial charge on any atom is -0.497 e. The Balaban J connectivity index is 1.36. The van der Waals surface area contributed by atoms with E-state index < -0.39 is 0 Å². The summed E-state index contributed by atoms with van der Waals surface area (Å²) in [7, 11) is 3.31. The lowest BCUT2D eigenvalue weighted by molar-refractivity contribution is 0.0718. The number of likely N-dealkylation sites (tertiary alicyclic amines) is 1. The number of rotatable bonds is 9. The summed E-state index contributed by atoms with van der Waals surface area (Å²) in [5.41, 5.74) is 2.69. The fraction of sp³-hybridized carbons (Fsp3) is 0.407. The Kier molecular flexibility index (Phi) is 7.58. The molecular formula is C27H31N3O5S. The topological polar surface area (TPSA) is 73.4 Å². The van der Waals surface area contributed by atoms with Crippen LogP contribution in [0.2, 0.25) is 0 Å². The smallest absolute Gasteiger partial charge is 0.273 e. The number of ether oxygens (including phenoxy) is 4. The van der Waals surface area contributed by atoms with Gasteiger partial charge in [0.2, 0.25) is 6.79 Å². The van der Waals surface area contributed by atoms with Crippen molar-refractivity contribution in [2.24, 2.45) is 0 Å². The van der Waals surface area contributed by atoms with Crippen molar-refractivity contribution in [1.29, 1.82) is 0 Å². The highest BCUT2D eigenvalue weighted by Gasteiger charge is 2.22. The van der Waals surface area contributed by atoms with Crippen molar-refractivity contribution in [2.75, 3.05) is 34.1 Å². The molecule has 0 saturated carbocycles. The molecule has 1 saturated heterocycles. The largest absolute Gasteiger partial charge is 0.497 e. The van der Waals surface area contributed by atoms with E-state index in [9.17, 15) is 4.79 Å². The number of aromatic nitrogens is 1. The second-order valence-corrected chi connectivity index (χ2v) is 9.93. The predicted molar refractivity (Wildman–Crippen MR) is 137 cm³/mol. The maximum absolute atomic E-state index is 12.9. The van der Waals surface area contributed by atoms with E-state index in [0.29, 0.717) is 25.3 Å². The van der Waals surface area contributed by atoms with Crippen LogP contribution in [0.3, 0.4) is 0 Å². The first kappa shape index (κ1) is 24.4. The summed E-state index contributed by atoms with van der Waals surface area (Å²) in [4.78, 5) is 21.9. The summed E-state index contributed by atoms with van der Waals surface area (Å²) < 4.78 is 22.1. The van der Waals surface area contributed by atoms with Gasteiger partial charge in [-0.15, -0.1) is 11.3 Å². The predicted octanol–water partition coefficient (Wildman–Crippen LogP) is 4.72. The number of benzene rings is 2. The first-order valence-electron chi connectivity index (χ1n) is 12.2. The van der Waals surface area contributed by atoms with Gasteiger partial charge in [0, 0.05) is 43.2 Å². The third-order valence-corrected chi connectivity index (χ3v) is 7.34. The molecule has 3 aromatic rings. The van der Waals surface area contributed by atoms with Gasteiger partial charge in [0.1, 0.15) is 22.2 Å². The van der Waals surface area contributed by atoms with Crippen molar-refractivity contribution in [3.63, 3.8) is 0 Å². The molecule has 3 heterocycles. The highest BCUT2D eigenvalue weighted by molar-refractivity contribution is 7.09.